The van der Waals surface area contributed by atoms with Crippen molar-refractivity contribution in [1.29, 1.82) is 0 Å². The van der Waals surface area contributed by atoms with Gasteiger partial charge in [0.25, 0.3) is 0 Å². The number of ether oxygens (including phenoxy) is 1. The number of halogens is 3. The van der Waals surface area contributed by atoms with Crippen molar-refractivity contribution in [2.24, 2.45) is 5.92 Å². The number of hydrogen-bond donors (Lipinski definition) is 2. The molecular formula is C26H34F3N7O2. The number of piperidine rings is 1. The molecule has 9 nitrogen and oxygen atoms in total. The van der Waals surface area contributed by atoms with Gasteiger partial charge < -0.3 is 20.5 Å². The molecule has 2 saturated heterocycles. The Morgan fingerprint density at radius 3 is 2.42 bits per heavy atom. The zero-order valence-corrected chi connectivity index (χ0v) is 21.9. The molecule has 38 heavy (non-hydrogen) atoms. The van der Waals surface area contributed by atoms with Crippen LogP contribution in [0.25, 0.3) is 16.9 Å². The van der Waals surface area contributed by atoms with Crippen LogP contribution in [-0.4, -0.2) is 74.6 Å². The second-order valence-corrected chi connectivity index (χ2v) is 10.8. The highest BCUT2D eigenvalue weighted by molar-refractivity contribution is 5.74. The van der Waals surface area contributed by atoms with E-state index in [9.17, 15) is 18.3 Å². The lowest BCUT2D eigenvalue weighted by atomic mass is 9.83. The van der Waals surface area contributed by atoms with E-state index in [1.165, 1.54) is 0 Å². The molecule has 2 aliphatic heterocycles. The lowest BCUT2D eigenvalue weighted by molar-refractivity contribution is -0.137. The van der Waals surface area contributed by atoms with Crippen LogP contribution in [0.15, 0.2) is 18.3 Å². The minimum absolute atomic E-state index is 0.0601. The van der Waals surface area contributed by atoms with Crippen molar-refractivity contribution in [3.05, 3.63) is 35.2 Å². The Bertz CT molecular complexity index is 1300. The summed E-state index contributed by atoms with van der Waals surface area (Å²) in [5.41, 5.74) is 6.39. The normalized spacial score (nSPS) is 18.4. The van der Waals surface area contributed by atoms with E-state index in [-0.39, 0.29) is 23.1 Å². The monoisotopic (exact) mass is 533 g/mol. The largest absolute Gasteiger partial charge is 0.417 e. The zero-order chi connectivity index (χ0) is 27.2. The summed E-state index contributed by atoms with van der Waals surface area (Å²) in [5.74, 6) is 0.544. The predicted octanol–water partition coefficient (Wildman–Crippen LogP) is 3.52. The van der Waals surface area contributed by atoms with E-state index in [1.54, 1.807) is 4.52 Å². The minimum Gasteiger partial charge on any atom is -0.390 e. The molecule has 2 fully saturated rings. The van der Waals surface area contributed by atoms with Crippen LogP contribution in [-0.2, 0) is 17.5 Å². The third kappa shape index (κ3) is 5.29. The second kappa shape index (κ2) is 9.97. The quantitative estimate of drug-likeness (QED) is 0.514. The molecule has 206 valence electrons. The Labute approximate surface area is 219 Å². The molecule has 2 aliphatic rings. The van der Waals surface area contributed by atoms with Gasteiger partial charge in [-0.25, -0.2) is 14.5 Å². The molecule has 12 heteroatoms. The van der Waals surface area contributed by atoms with Crippen molar-refractivity contribution in [2.45, 2.75) is 51.9 Å². The number of aryl methyl sites for hydroxylation is 1. The van der Waals surface area contributed by atoms with Crippen LogP contribution in [0.4, 0.5) is 24.8 Å². The maximum atomic E-state index is 13.9. The van der Waals surface area contributed by atoms with Crippen molar-refractivity contribution in [3.8, 4) is 11.4 Å². The van der Waals surface area contributed by atoms with Gasteiger partial charge in [-0.2, -0.15) is 13.2 Å². The van der Waals surface area contributed by atoms with Crippen LogP contribution in [0, 0.1) is 12.8 Å². The average Bonchev–Trinajstić information content (AvgIpc) is 3.18. The molecule has 3 N–H and O–H groups in total. The molecule has 3 aromatic rings. The molecule has 0 radical (unpaired) electrons. The van der Waals surface area contributed by atoms with Crippen molar-refractivity contribution in [3.63, 3.8) is 0 Å². The maximum absolute atomic E-state index is 13.9. The van der Waals surface area contributed by atoms with Crippen LogP contribution in [0.1, 0.15) is 43.5 Å². The summed E-state index contributed by atoms with van der Waals surface area (Å²) in [5, 5.41) is 15.0. The Morgan fingerprint density at radius 2 is 1.79 bits per heavy atom. The molecule has 0 atom stereocenters. The summed E-state index contributed by atoms with van der Waals surface area (Å²) in [6.45, 7) is 10.2. The summed E-state index contributed by atoms with van der Waals surface area (Å²) < 4.78 is 49.0. The van der Waals surface area contributed by atoms with Gasteiger partial charge >= 0.3 is 6.18 Å². The Kier molecular flexibility index (Phi) is 6.99. The van der Waals surface area contributed by atoms with E-state index in [2.05, 4.69) is 20.0 Å². The number of nitrogen functional groups attached to an aromatic ring is 1. The molecule has 5 heterocycles. The van der Waals surface area contributed by atoms with Crippen molar-refractivity contribution in [2.75, 3.05) is 50.0 Å². The van der Waals surface area contributed by atoms with Gasteiger partial charge in [0.1, 0.15) is 11.3 Å². The van der Waals surface area contributed by atoms with Crippen molar-refractivity contribution in [1.82, 2.24) is 24.5 Å². The average molecular weight is 534 g/mol. The molecular weight excluding hydrogens is 499 g/mol. The van der Waals surface area contributed by atoms with E-state index in [0.717, 1.165) is 55.0 Å². The molecule has 0 bridgehead atoms. The van der Waals surface area contributed by atoms with E-state index in [4.69, 9.17) is 10.5 Å². The van der Waals surface area contributed by atoms with Gasteiger partial charge in [-0.3, -0.25) is 4.90 Å². The number of hydrogen-bond acceptors (Lipinski definition) is 8. The van der Waals surface area contributed by atoms with E-state index >= 15 is 0 Å². The van der Waals surface area contributed by atoms with E-state index in [0.29, 0.717) is 38.7 Å². The van der Waals surface area contributed by atoms with Crippen molar-refractivity contribution >= 4 is 17.2 Å². The Balaban J connectivity index is 1.56. The number of morpholine rings is 1. The number of nitrogens with zero attached hydrogens (tertiary/aromatic N) is 6. The number of rotatable bonds is 5. The third-order valence-corrected chi connectivity index (χ3v) is 7.72. The molecule has 0 spiro atoms. The van der Waals surface area contributed by atoms with Crippen LogP contribution < -0.4 is 10.6 Å². The zero-order valence-electron chi connectivity index (χ0n) is 21.9. The first kappa shape index (κ1) is 26.6. The lowest BCUT2D eigenvalue weighted by Crippen LogP contribution is -2.41. The summed E-state index contributed by atoms with van der Waals surface area (Å²) in [4.78, 5) is 12.9. The summed E-state index contributed by atoms with van der Waals surface area (Å²) in [6.07, 6.45) is -1.74. The number of alkyl halides is 3. The van der Waals surface area contributed by atoms with E-state index < -0.39 is 17.3 Å². The van der Waals surface area contributed by atoms with Gasteiger partial charge in [-0.05, 0) is 70.3 Å². The number of likely N-dealkylation sites (tertiary alicyclic amines) is 1. The number of nitrogens with two attached hydrogens (primary N) is 1. The van der Waals surface area contributed by atoms with Crippen molar-refractivity contribution < 1.29 is 23.0 Å². The fraction of sp³-hybridized carbons (Fsp3) is 0.577. The van der Waals surface area contributed by atoms with Crippen LogP contribution >= 0.6 is 0 Å². The van der Waals surface area contributed by atoms with Gasteiger partial charge in [0.15, 0.2) is 11.6 Å². The number of pyridine rings is 1. The molecule has 0 aliphatic carbocycles. The number of anilines is 2. The number of aliphatic hydroxyl groups is 1. The maximum Gasteiger partial charge on any atom is 0.417 e. The lowest BCUT2D eigenvalue weighted by Gasteiger charge is -2.37. The second-order valence-electron chi connectivity index (χ2n) is 10.8. The number of fused-ring (bicyclic) bond motifs is 1. The Morgan fingerprint density at radius 1 is 1.11 bits per heavy atom. The SMILES string of the molecule is Cc1c(CN2CCC(C(C)(C)O)CC2)cc2c(N3CCOCC3)nc(-c3cnc(N)cc3C(F)(F)F)nn12. The van der Waals surface area contributed by atoms with Gasteiger partial charge in [0.05, 0.1) is 29.9 Å². The summed E-state index contributed by atoms with van der Waals surface area (Å²) >= 11 is 0. The topological polar surface area (TPSA) is 105 Å². The Hall–Kier alpha value is -2.96. The predicted molar refractivity (Wildman–Crippen MR) is 138 cm³/mol. The summed E-state index contributed by atoms with van der Waals surface area (Å²) in [6, 6.07) is 2.86. The molecule has 0 amide bonds. The molecule has 0 aromatic carbocycles. The smallest absolute Gasteiger partial charge is 0.390 e. The van der Waals surface area contributed by atoms with Gasteiger partial charge in [-0.15, -0.1) is 5.10 Å². The fourth-order valence-corrected chi connectivity index (χ4v) is 5.41. The fourth-order valence-electron chi connectivity index (χ4n) is 5.41. The highest BCUT2D eigenvalue weighted by Crippen LogP contribution is 2.38. The minimum atomic E-state index is -4.64. The first-order valence-electron chi connectivity index (χ1n) is 12.9. The van der Waals surface area contributed by atoms with E-state index in [1.807, 2.05) is 31.7 Å². The molecule has 5 rings (SSSR count). The van der Waals surface area contributed by atoms with Crippen LogP contribution in [0.3, 0.4) is 0 Å². The van der Waals surface area contributed by atoms with Crippen LogP contribution in [0.5, 0.6) is 0 Å². The highest BCUT2D eigenvalue weighted by Gasteiger charge is 2.36. The molecule has 0 saturated carbocycles. The highest BCUT2D eigenvalue weighted by atomic mass is 19.4. The van der Waals surface area contributed by atoms with Gasteiger partial charge in [-0.1, -0.05) is 0 Å². The summed E-state index contributed by atoms with van der Waals surface area (Å²) in [7, 11) is 0. The molecule has 3 aromatic heterocycles. The standard InChI is InChI=1S/C26H34F3N7O2/c1-16-17(15-34-6-4-18(5-7-34)25(2,3)37)12-21-24(35-8-10-38-11-9-35)32-23(33-36(16)21)19-14-31-22(30)13-20(19)26(27,28)29/h12-14,18,37H,4-11,15H2,1-3H3,(H2,30,31). The third-order valence-electron chi connectivity index (χ3n) is 7.72. The molecule has 0 unspecified atom stereocenters. The van der Waals surface area contributed by atoms with Gasteiger partial charge in [0, 0.05) is 31.5 Å². The first-order chi connectivity index (χ1) is 17.9. The first-order valence-corrected chi connectivity index (χ1v) is 12.9. The van der Waals surface area contributed by atoms with Crippen LogP contribution in [0.2, 0.25) is 0 Å². The number of aromatic nitrogens is 4. The van der Waals surface area contributed by atoms with Gasteiger partial charge in [0.2, 0.25) is 0 Å².